The van der Waals surface area contributed by atoms with Crippen LogP contribution in [0.2, 0.25) is 0 Å². The number of ether oxygens (including phenoxy) is 1. The van der Waals surface area contributed by atoms with Crippen LogP contribution in [-0.2, 0) is 6.42 Å². The Hall–Kier alpha value is -3.39. The molecule has 1 heterocycles. The van der Waals surface area contributed by atoms with Gasteiger partial charge in [-0.05, 0) is 72.1 Å². The van der Waals surface area contributed by atoms with E-state index < -0.39 is 0 Å². The van der Waals surface area contributed by atoms with Gasteiger partial charge in [0, 0.05) is 27.7 Å². The molecule has 164 valence electrons. The maximum absolute atomic E-state index is 12.9. The third-order valence-corrected chi connectivity index (χ3v) is 5.98. The highest BCUT2D eigenvalue weighted by atomic mass is 79.9. The number of hydrogen-bond acceptors (Lipinski definition) is 5. The Morgan fingerprint density at radius 2 is 1.81 bits per heavy atom. The number of methoxy groups -OCH3 is 1. The number of nitrogens with one attached hydrogen (secondary N) is 2. The van der Waals surface area contributed by atoms with Crippen LogP contribution in [0.4, 0.5) is 5.69 Å². The van der Waals surface area contributed by atoms with Crippen molar-refractivity contribution in [3.8, 4) is 5.75 Å². The van der Waals surface area contributed by atoms with E-state index in [-0.39, 0.29) is 17.6 Å². The SMILES string of the molecule is COc1ccc(NC(=O)c2oc3c(c2C)/C(=N/NC(=O)c2ccccc2Br)CCC3)cc1. The number of anilines is 1. The lowest BCUT2D eigenvalue weighted by molar-refractivity contribution is 0.0952. The fourth-order valence-electron chi connectivity index (χ4n) is 3.68. The van der Waals surface area contributed by atoms with E-state index in [1.807, 2.05) is 13.0 Å². The van der Waals surface area contributed by atoms with Crippen molar-refractivity contribution >= 4 is 39.1 Å². The van der Waals surface area contributed by atoms with Gasteiger partial charge in [-0.25, -0.2) is 5.43 Å². The van der Waals surface area contributed by atoms with E-state index in [0.717, 1.165) is 12.0 Å². The van der Waals surface area contributed by atoms with E-state index in [1.54, 1.807) is 49.6 Å². The van der Waals surface area contributed by atoms with E-state index in [2.05, 4.69) is 31.8 Å². The van der Waals surface area contributed by atoms with Gasteiger partial charge < -0.3 is 14.5 Å². The van der Waals surface area contributed by atoms with E-state index >= 15 is 0 Å². The summed E-state index contributed by atoms with van der Waals surface area (Å²) in [7, 11) is 1.59. The molecule has 0 saturated carbocycles. The lowest BCUT2D eigenvalue weighted by Crippen LogP contribution is -2.22. The van der Waals surface area contributed by atoms with Crippen molar-refractivity contribution in [1.29, 1.82) is 0 Å². The quantitative estimate of drug-likeness (QED) is 0.482. The molecule has 0 spiro atoms. The van der Waals surface area contributed by atoms with Gasteiger partial charge in [0.05, 0.1) is 18.4 Å². The van der Waals surface area contributed by atoms with Gasteiger partial charge in [0.1, 0.15) is 11.5 Å². The number of benzene rings is 2. The number of carbonyl (C=O) groups excluding carboxylic acids is 2. The number of furan rings is 1. The largest absolute Gasteiger partial charge is 0.497 e. The maximum atomic E-state index is 12.9. The normalized spacial score (nSPS) is 14.0. The molecule has 0 unspecified atom stereocenters. The molecule has 4 rings (SSSR count). The average Bonchev–Trinajstić information content (AvgIpc) is 3.15. The fourth-order valence-corrected chi connectivity index (χ4v) is 4.15. The van der Waals surface area contributed by atoms with Crippen LogP contribution in [0.5, 0.6) is 5.75 Å². The van der Waals surface area contributed by atoms with Crippen molar-refractivity contribution < 1.29 is 18.7 Å². The molecule has 8 heteroatoms. The summed E-state index contributed by atoms with van der Waals surface area (Å²) in [5.74, 6) is 1.02. The second kappa shape index (κ2) is 9.40. The number of aryl methyl sites for hydroxylation is 1. The van der Waals surface area contributed by atoms with Gasteiger partial charge in [0.2, 0.25) is 0 Å². The van der Waals surface area contributed by atoms with Crippen LogP contribution in [0.15, 0.2) is 62.5 Å². The van der Waals surface area contributed by atoms with Crippen LogP contribution in [0.3, 0.4) is 0 Å². The smallest absolute Gasteiger partial charge is 0.291 e. The maximum Gasteiger partial charge on any atom is 0.291 e. The van der Waals surface area contributed by atoms with Crippen LogP contribution in [-0.4, -0.2) is 24.6 Å². The topological polar surface area (TPSA) is 92.9 Å². The molecule has 0 fully saturated rings. The van der Waals surface area contributed by atoms with Gasteiger partial charge in [-0.2, -0.15) is 5.10 Å². The molecule has 2 N–H and O–H groups in total. The summed E-state index contributed by atoms with van der Waals surface area (Å²) in [6.45, 7) is 1.84. The molecule has 3 aromatic rings. The summed E-state index contributed by atoms with van der Waals surface area (Å²) < 4.78 is 11.8. The minimum Gasteiger partial charge on any atom is -0.497 e. The summed E-state index contributed by atoms with van der Waals surface area (Å²) in [4.78, 5) is 25.4. The van der Waals surface area contributed by atoms with Crippen LogP contribution >= 0.6 is 15.9 Å². The first-order chi connectivity index (χ1) is 15.5. The Kier molecular flexibility index (Phi) is 6.41. The molecule has 0 atom stereocenters. The molecular weight excluding hydrogens is 474 g/mol. The molecule has 1 aliphatic rings. The number of hydrazone groups is 1. The second-order valence-corrected chi connectivity index (χ2v) is 8.22. The highest BCUT2D eigenvalue weighted by molar-refractivity contribution is 9.10. The lowest BCUT2D eigenvalue weighted by atomic mass is 9.93. The minimum absolute atomic E-state index is 0.248. The average molecular weight is 496 g/mol. The molecule has 1 aliphatic carbocycles. The Bertz CT molecular complexity index is 1200. The Labute approximate surface area is 194 Å². The van der Waals surface area contributed by atoms with Gasteiger partial charge in [-0.1, -0.05) is 12.1 Å². The van der Waals surface area contributed by atoms with E-state index in [1.165, 1.54) is 0 Å². The van der Waals surface area contributed by atoms with Gasteiger partial charge in [-0.15, -0.1) is 0 Å². The van der Waals surface area contributed by atoms with E-state index in [9.17, 15) is 9.59 Å². The lowest BCUT2D eigenvalue weighted by Gasteiger charge is -2.13. The molecule has 0 aliphatic heterocycles. The number of amides is 2. The molecular formula is C24H22BrN3O4. The predicted molar refractivity (Wildman–Crippen MR) is 125 cm³/mol. The molecule has 2 aromatic carbocycles. The zero-order valence-corrected chi connectivity index (χ0v) is 19.3. The van der Waals surface area contributed by atoms with Crippen molar-refractivity contribution in [1.82, 2.24) is 5.43 Å². The van der Waals surface area contributed by atoms with Crippen molar-refractivity contribution in [2.24, 2.45) is 5.10 Å². The third kappa shape index (κ3) is 4.45. The summed E-state index contributed by atoms with van der Waals surface area (Å²) in [6, 6.07) is 14.2. The van der Waals surface area contributed by atoms with E-state index in [4.69, 9.17) is 9.15 Å². The van der Waals surface area contributed by atoms with Gasteiger partial charge >= 0.3 is 0 Å². The van der Waals surface area contributed by atoms with E-state index in [0.29, 0.717) is 51.4 Å². The van der Waals surface area contributed by atoms with Crippen LogP contribution in [0, 0.1) is 6.92 Å². The van der Waals surface area contributed by atoms with Gasteiger partial charge in [0.15, 0.2) is 5.76 Å². The molecule has 0 saturated heterocycles. The Morgan fingerprint density at radius 1 is 1.06 bits per heavy atom. The van der Waals surface area contributed by atoms with Crippen LogP contribution < -0.4 is 15.5 Å². The standard InChI is InChI=1S/C24H22BrN3O4/c1-14-21-19(27-28-23(29)17-6-3-4-7-18(17)25)8-5-9-20(21)32-22(14)24(30)26-15-10-12-16(31-2)13-11-15/h3-4,6-7,10-13H,5,8-9H2,1-2H3,(H,26,30)(H,28,29)/b27-19+. The second-order valence-electron chi connectivity index (χ2n) is 7.37. The molecule has 32 heavy (non-hydrogen) atoms. The third-order valence-electron chi connectivity index (χ3n) is 5.29. The minimum atomic E-state index is -0.335. The number of carbonyl (C=O) groups is 2. The molecule has 1 aromatic heterocycles. The summed E-state index contributed by atoms with van der Waals surface area (Å²) in [5, 5.41) is 7.22. The fraction of sp³-hybridized carbons (Fsp3) is 0.208. The Morgan fingerprint density at radius 3 is 2.53 bits per heavy atom. The number of fused-ring (bicyclic) bond motifs is 1. The summed E-state index contributed by atoms with van der Waals surface area (Å²) >= 11 is 3.38. The van der Waals surface area contributed by atoms with Gasteiger partial charge in [0.25, 0.3) is 11.8 Å². The first kappa shape index (κ1) is 21.8. The Balaban J connectivity index is 1.55. The molecule has 2 amide bonds. The number of halogens is 1. The number of nitrogens with zero attached hydrogens (tertiary/aromatic N) is 1. The zero-order valence-electron chi connectivity index (χ0n) is 17.7. The first-order valence-corrected chi connectivity index (χ1v) is 11.0. The van der Waals surface area contributed by atoms with Crippen LogP contribution in [0.25, 0.3) is 0 Å². The number of hydrogen-bond donors (Lipinski definition) is 2. The van der Waals surface area contributed by atoms with Crippen molar-refractivity contribution in [2.75, 3.05) is 12.4 Å². The van der Waals surface area contributed by atoms with Crippen LogP contribution in [0.1, 0.15) is 50.6 Å². The van der Waals surface area contributed by atoms with Crippen molar-refractivity contribution in [3.05, 3.63) is 81.2 Å². The highest BCUT2D eigenvalue weighted by Gasteiger charge is 2.28. The summed E-state index contributed by atoms with van der Waals surface area (Å²) in [5.41, 5.74) is 5.97. The zero-order chi connectivity index (χ0) is 22.7. The van der Waals surface area contributed by atoms with Crippen molar-refractivity contribution in [2.45, 2.75) is 26.2 Å². The first-order valence-electron chi connectivity index (χ1n) is 10.2. The molecule has 0 radical (unpaired) electrons. The van der Waals surface area contributed by atoms with Crippen molar-refractivity contribution in [3.63, 3.8) is 0 Å². The monoisotopic (exact) mass is 495 g/mol. The molecule has 0 bridgehead atoms. The predicted octanol–water partition coefficient (Wildman–Crippen LogP) is 5.08. The number of rotatable bonds is 5. The summed E-state index contributed by atoms with van der Waals surface area (Å²) in [6.07, 6.45) is 2.22. The van der Waals surface area contributed by atoms with Gasteiger partial charge in [-0.3, -0.25) is 9.59 Å². The molecule has 7 nitrogen and oxygen atoms in total. The highest BCUT2D eigenvalue weighted by Crippen LogP contribution is 2.30.